The lowest BCUT2D eigenvalue weighted by Gasteiger charge is -2.37. The highest BCUT2D eigenvalue weighted by Gasteiger charge is 2.38. The van der Waals surface area contributed by atoms with Crippen molar-refractivity contribution in [2.24, 2.45) is 0 Å². The lowest BCUT2D eigenvalue weighted by Crippen LogP contribution is -2.30. The monoisotopic (exact) mass is 729 g/mol. The van der Waals surface area contributed by atoms with Crippen LogP contribution in [0.4, 0.5) is 17.1 Å². The first kappa shape index (κ1) is 34.1. The molecule has 9 aromatic carbocycles. The van der Waals surface area contributed by atoms with Crippen LogP contribution >= 0.6 is 0 Å². The maximum atomic E-state index is 6.39. The van der Waals surface area contributed by atoms with Gasteiger partial charge in [-0.1, -0.05) is 188 Å². The van der Waals surface area contributed by atoms with E-state index in [4.69, 9.17) is 4.42 Å². The van der Waals surface area contributed by atoms with Crippen molar-refractivity contribution < 1.29 is 4.42 Å². The maximum Gasteiger partial charge on any atom is 0.137 e. The highest BCUT2D eigenvalue weighted by atomic mass is 16.3. The van der Waals surface area contributed by atoms with Gasteiger partial charge in [0.05, 0.1) is 5.41 Å². The van der Waals surface area contributed by atoms with Crippen LogP contribution in [0, 0.1) is 0 Å². The molecule has 10 rings (SSSR count). The molecule has 0 spiro atoms. The Morgan fingerprint density at radius 3 is 1.35 bits per heavy atom. The molecule has 1 heterocycles. The summed E-state index contributed by atoms with van der Waals surface area (Å²) in [4.78, 5) is 2.32. The van der Waals surface area contributed by atoms with Gasteiger partial charge in [0.25, 0.3) is 0 Å². The number of benzene rings is 9. The number of hydrogen-bond acceptors (Lipinski definition) is 2. The third-order valence-electron chi connectivity index (χ3n) is 11.2. The molecule has 2 nitrogen and oxygen atoms in total. The molecule has 270 valence electrons. The van der Waals surface area contributed by atoms with E-state index < -0.39 is 5.41 Å². The molecule has 0 radical (unpaired) electrons. The van der Waals surface area contributed by atoms with Crippen LogP contribution < -0.4 is 4.90 Å². The minimum atomic E-state index is -0.498. The van der Waals surface area contributed by atoms with Crippen LogP contribution in [0.25, 0.3) is 44.2 Å². The molecule has 2 heteroatoms. The van der Waals surface area contributed by atoms with Gasteiger partial charge >= 0.3 is 0 Å². The molecule has 0 bridgehead atoms. The Labute approximate surface area is 333 Å². The first-order valence-corrected chi connectivity index (χ1v) is 19.5. The summed E-state index contributed by atoms with van der Waals surface area (Å²) in [5, 5.41) is 2.24. The Balaban J connectivity index is 1.08. The smallest absolute Gasteiger partial charge is 0.137 e. The highest BCUT2D eigenvalue weighted by Crippen LogP contribution is 2.46. The van der Waals surface area contributed by atoms with E-state index in [1.807, 2.05) is 12.1 Å². The summed E-state index contributed by atoms with van der Waals surface area (Å²) in [5.74, 6) is 0. The topological polar surface area (TPSA) is 16.4 Å². The molecule has 0 saturated heterocycles. The van der Waals surface area contributed by atoms with Crippen molar-refractivity contribution in [1.82, 2.24) is 0 Å². The molecule has 10 aromatic rings. The Kier molecular flexibility index (Phi) is 8.78. The fourth-order valence-corrected chi connectivity index (χ4v) is 8.54. The molecule has 0 amide bonds. The lowest BCUT2D eigenvalue weighted by molar-refractivity contribution is 0.669. The molecule has 1 aromatic heterocycles. The van der Waals surface area contributed by atoms with Gasteiger partial charge in [0.15, 0.2) is 0 Å². The van der Waals surface area contributed by atoms with Crippen molar-refractivity contribution in [3.8, 4) is 22.3 Å². The third-order valence-corrected chi connectivity index (χ3v) is 11.2. The van der Waals surface area contributed by atoms with Gasteiger partial charge < -0.3 is 9.32 Å². The van der Waals surface area contributed by atoms with Crippen molar-refractivity contribution >= 4 is 39.0 Å². The Bertz CT molecular complexity index is 2820. The third kappa shape index (κ3) is 6.18. The summed E-state index contributed by atoms with van der Waals surface area (Å²) >= 11 is 0. The number of anilines is 3. The van der Waals surface area contributed by atoms with Crippen molar-refractivity contribution in [3.05, 3.63) is 259 Å². The molecular formula is C55H39NO. The van der Waals surface area contributed by atoms with Gasteiger partial charge in [0.2, 0.25) is 0 Å². The van der Waals surface area contributed by atoms with Gasteiger partial charge in [-0.25, -0.2) is 0 Å². The molecule has 0 fully saturated rings. The number of nitrogens with zero attached hydrogens (tertiary/aromatic N) is 1. The Morgan fingerprint density at radius 2 is 0.719 bits per heavy atom. The lowest BCUT2D eigenvalue weighted by atomic mass is 9.65. The van der Waals surface area contributed by atoms with Crippen molar-refractivity contribution in [1.29, 1.82) is 0 Å². The van der Waals surface area contributed by atoms with Crippen LogP contribution in [0.5, 0.6) is 0 Å². The van der Waals surface area contributed by atoms with E-state index in [-0.39, 0.29) is 0 Å². The average molecular weight is 730 g/mol. The van der Waals surface area contributed by atoms with E-state index >= 15 is 0 Å². The predicted molar refractivity (Wildman–Crippen MR) is 238 cm³/mol. The SMILES string of the molecule is c1ccc(-c2ccc(N(c3cccc(-c4ccc(C(c5ccccc5)(c5ccccc5)c5ccccc5)cc4)c3)c3ccc4c(c3)oc3ccccc34)cc2)cc1. The zero-order valence-electron chi connectivity index (χ0n) is 31.4. The summed E-state index contributed by atoms with van der Waals surface area (Å²) in [6.07, 6.45) is 0. The van der Waals surface area contributed by atoms with E-state index in [1.54, 1.807) is 0 Å². The van der Waals surface area contributed by atoms with Crippen LogP contribution in [-0.4, -0.2) is 0 Å². The first-order valence-electron chi connectivity index (χ1n) is 19.5. The van der Waals surface area contributed by atoms with Crippen LogP contribution in [0.3, 0.4) is 0 Å². The van der Waals surface area contributed by atoms with Crippen LogP contribution in [0.1, 0.15) is 22.3 Å². The second-order valence-corrected chi connectivity index (χ2v) is 14.5. The summed E-state index contributed by atoms with van der Waals surface area (Å²) in [6, 6.07) is 84.8. The van der Waals surface area contributed by atoms with Crippen molar-refractivity contribution in [3.63, 3.8) is 0 Å². The Hall–Kier alpha value is -7.42. The molecule has 0 saturated carbocycles. The second kappa shape index (κ2) is 14.7. The normalized spacial score (nSPS) is 11.5. The van der Waals surface area contributed by atoms with Gasteiger partial charge in [-0.15, -0.1) is 0 Å². The zero-order valence-corrected chi connectivity index (χ0v) is 31.4. The van der Waals surface area contributed by atoms with E-state index in [2.05, 4.69) is 229 Å². The average Bonchev–Trinajstić information content (AvgIpc) is 3.67. The molecule has 0 aliphatic carbocycles. The fourth-order valence-electron chi connectivity index (χ4n) is 8.54. The summed E-state index contributed by atoms with van der Waals surface area (Å²) < 4.78 is 6.39. The maximum absolute atomic E-state index is 6.39. The Morgan fingerprint density at radius 1 is 0.281 bits per heavy atom. The molecule has 57 heavy (non-hydrogen) atoms. The first-order chi connectivity index (χ1) is 28.3. The summed E-state index contributed by atoms with van der Waals surface area (Å²) in [7, 11) is 0. The molecule has 0 unspecified atom stereocenters. The quantitative estimate of drug-likeness (QED) is 0.138. The largest absolute Gasteiger partial charge is 0.456 e. The summed E-state index contributed by atoms with van der Waals surface area (Å²) in [6.45, 7) is 0. The molecule has 0 aliphatic rings. The van der Waals surface area contributed by atoms with Gasteiger partial charge in [-0.05, 0) is 87.0 Å². The summed E-state index contributed by atoms with van der Waals surface area (Å²) in [5.41, 5.74) is 14.0. The van der Waals surface area contributed by atoms with Crippen LogP contribution in [-0.2, 0) is 5.41 Å². The minimum Gasteiger partial charge on any atom is -0.456 e. The standard InChI is InChI=1S/C55H39NO/c1-5-16-40(17-6-1)41-30-34-48(35-31-41)56(50-36-37-52-51-26-13-14-27-53(51)57-54(52)39-50)49-25-15-18-43(38-49)42-28-32-47(33-29-42)55(44-19-7-2-8-20-44,45-21-9-3-10-22-45)46-23-11-4-12-24-46/h1-39H. The fraction of sp³-hybridized carbons (Fsp3) is 0.0182. The number of rotatable bonds is 9. The van der Waals surface area contributed by atoms with Gasteiger partial charge in [0.1, 0.15) is 11.2 Å². The van der Waals surface area contributed by atoms with E-state index in [1.165, 1.54) is 33.4 Å². The van der Waals surface area contributed by atoms with Gasteiger partial charge in [0, 0.05) is 33.9 Å². The van der Waals surface area contributed by atoms with Crippen molar-refractivity contribution in [2.75, 3.05) is 4.90 Å². The van der Waals surface area contributed by atoms with E-state index in [9.17, 15) is 0 Å². The number of hydrogen-bond donors (Lipinski definition) is 0. The van der Waals surface area contributed by atoms with Gasteiger partial charge in [-0.3, -0.25) is 0 Å². The highest BCUT2D eigenvalue weighted by molar-refractivity contribution is 6.06. The molecule has 0 N–H and O–H groups in total. The minimum absolute atomic E-state index is 0.498. The van der Waals surface area contributed by atoms with Crippen LogP contribution in [0.15, 0.2) is 241 Å². The van der Waals surface area contributed by atoms with E-state index in [0.29, 0.717) is 0 Å². The van der Waals surface area contributed by atoms with Crippen molar-refractivity contribution in [2.45, 2.75) is 5.41 Å². The number of furan rings is 1. The number of fused-ring (bicyclic) bond motifs is 3. The van der Waals surface area contributed by atoms with E-state index in [0.717, 1.165) is 50.1 Å². The predicted octanol–water partition coefficient (Wildman–Crippen LogP) is 14.8. The molecular weight excluding hydrogens is 691 g/mol. The second-order valence-electron chi connectivity index (χ2n) is 14.5. The zero-order chi connectivity index (χ0) is 38.0. The molecule has 0 aliphatic heterocycles. The van der Waals surface area contributed by atoms with Gasteiger partial charge in [-0.2, -0.15) is 0 Å². The number of para-hydroxylation sites is 1. The molecule has 0 atom stereocenters. The van der Waals surface area contributed by atoms with Crippen LogP contribution in [0.2, 0.25) is 0 Å².